The monoisotopic (exact) mass is 338 g/mol. The van der Waals surface area contributed by atoms with E-state index in [1.165, 1.54) is 0 Å². The third-order valence-corrected chi connectivity index (χ3v) is 4.63. The summed E-state index contributed by atoms with van der Waals surface area (Å²) < 4.78 is 7.32. The third-order valence-electron chi connectivity index (χ3n) is 4.30. The van der Waals surface area contributed by atoms with E-state index < -0.39 is 0 Å². The number of halogens is 1. The first kappa shape index (κ1) is 15.0. The molecule has 1 aromatic carbocycles. The molecule has 24 heavy (non-hydrogen) atoms. The van der Waals surface area contributed by atoms with Crippen LogP contribution in [-0.4, -0.2) is 22.0 Å². The standard InChI is InChI=1S/C19H15ClN2O2/c1-3-24-19(23)17-11(2)16-10-13-14(20)8-9-21-18(13)22(16)15-7-5-4-6-12(15)17/h4-10H,3H2,1-2H3. The molecule has 4 rings (SSSR count). The lowest BCUT2D eigenvalue weighted by Crippen LogP contribution is -2.09. The van der Waals surface area contributed by atoms with Gasteiger partial charge in [0.05, 0.1) is 28.2 Å². The first-order valence-corrected chi connectivity index (χ1v) is 8.15. The highest BCUT2D eigenvalue weighted by Gasteiger charge is 2.20. The molecule has 0 aliphatic carbocycles. The lowest BCUT2D eigenvalue weighted by atomic mass is 10.0. The van der Waals surface area contributed by atoms with E-state index in [4.69, 9.17) is 16.3 Å². The van der Waals surface area contributed by atoms with Crippen LogP contribution in [0.3, 0.4) is 0 Å². The number of carbonyl (C=O) groups excluding carboxylic acids is 1. The van der Waals surface area contributed by atoms with Gasteiger partial charge in [-0.1, -0.05) is 29.8 Å². The fourth-order valence-electron chi connectivity index (χ4n) is 3.26. The molecule has 0 atom stereocenters. The normalized spacial score (nSPS) is 11.5. The highest BCUT2D eigenvalue weighted by molar-refractivity contribution is 6.35. The zero-order valence-electron chi connectivity index (χ0n) is 13.3. The van der Waals surface area contributed by atoms with Crippen molar-refractivity contribution < 1.29 is 9.53 Å². The number of carbonyl (C=O) groups is 1. The molecule has 3 heterocycles. The van der Waals surface area contributed by atoms with Crippen LogP contribution in [0.1, 0.15) is 22.8 Å². The smallest absolute Gasteiger partial charge is 0.339 e. The molecule has 3 aromatic heterocycles. The minimum Gasteiger partial charge on any atom is -0.462 e. The number of aromatic nitrogens is 2. The quantitative estimate of drug-likeness (QED) is 0.494. The van der Waals surface area contributed by atoms with Crippen molar-refractivity contribution in [3.8, 4) is 0 Å². The van der Waals surface area contributed by atoms with Gasteiger partial charge >= 0.3 is 5.97 Å². The second-order valence-corrected chi connectivity index (χ2v) is 6.04. The minimum atomic E-state index is -0.307. The van der Waals surface area contributed by atoms with Gasteiger partial charge in [-0.25, -0.2) is 9.78 Å². The molecule has 5 heteroatoms. The molecule has 0 amide bonds. The number of hydrogen-bond acceptors (Lipinski definition) is 3. The second-order valence-electron chi connectivity index (χ2n) is 5.63. The fourth-order valence-corrected chi connectivity index (χ4v) is 3.46. The van der Waals surface area contributed by atoms with Gasteiger partial charge in [0.2, 0.25) is 0 Å². The van der Waals surface area contributed by atoms with Gasteiger partial charge in [0.15, 0.2) is 0 Å². The second kappa shape index (κ2) is 5.49. The predicted octanol–water partition coefficient (Wildman–Crippen LogP) is 4.78. The number of nitrogens with zero attached hydrogens (tertiary/aromatic N) is 2. The Balaban J connectivity index is 2.26. The molecule has 4 aromatic rings. The van der Waals surface area contributed by atoms with Gasteiger partial charge in [0.25, 0.3) is 0 Å². The highest BCUT2D eigenvalue weighted by Crippen LogP contribution is 2.33. The van der Waals surface area contributed by atoms with Crippen LogP contribution in [-0.2, 0) is 4.74 Å². The van der Waals surface area contributed by atoms with Crippen LogP contribution >= 0.6 is 11.6 Å². The lowest BCUT2D eigenvalue weighted by Gasteiger charge is -2.13. The summed E-state index contributed by atoms with van der Waals surface area (Å²) in [5, 5.41) is 2.36. The van der Waals surface area contributed by atoms with Crippen molar-refractivity contribution in [2.45, 2.75) is 13.8 Å². The minimum absolute atomic E-state index is 0.307. The van der Waals surface area contributed by atoms with Gasteiger partial charge in [0.1, 0.15) is 5.65 Å². The predicted molar refractivity (Wildman–Crippen MR) is 95.9 cm³/mol. The van der Waals surface area contributed by atoms with Crippen LogP contribution in [0.5, 0.6) is 0 Å². The number of hydrogen-bond donors (Lipinski definition) is 0. The van der Waals surface area contributed by atoms with E-state index in [1.807, 2.05) is 44.2 Å². The molecule has 0 aliphatic heterocycles. The summed E-state index contributed by atoms with van der Waals surface area (Å²) in [7, 11) is 0. The van der Waals surface area contributed by atoms with Crippen molar-refractivity contribution in [2.75, 3.05) is 6.61 Å². The Morgan fingerprint density at radius 1 is 1.21 bits per heavy atom. The Labute approximate surface area is 143 Å². The first-order chi connectivity index (χ1) is 11.6. The van der Waals surface area contributed by atoms with Gasteiger partial charge in [-0.2, -0.15) is 0 Å². The number of esters is 1. The zero-order valence-corrected chi connectivity index (χ0v) is 14.1. The number of ether oxygens (including phenoxy) is 1. The average molecular weight is 339 g/mol. The van der Waals surface area contributed by atoms with E-state index in [0.717, 1.165) is 33.0 Å². The number of pyridine rings is 2. The van der Waals surface area contributed by atoms with E-state index >= 15 is 0 Å². The summed E-state index contributed by atoms with van der Waals surface area (Å²) in [5.41, 5.74) is 4.06. The van der Waals surface area contributed by atoms with Crippen LogP contribution in [0.2, 0.25) is 5.02 Å². The number of benzene rings is 1. The molecular formula is C19H15ClN2O2. The lowest BCUT2D eigenvalue weighted by molar-refractivity contribution is 0.0528. The number of para-hydroxylation sites is 1. The van der Waals surface area contributed by atoms with Gasteiger partial charge in [-0.15, -0.1) is 0 Å². The van der Waals surface area contributed by atoms with Crippen molar-refractivity contribution in [3.63, 3.8) is 0 Å². The molecule has 4 nitrogen and oxygen atoms in total. The molecule has 0 spiro atoms. The molecule has 0 unspecified atom stereocenters. The van der Waals surface area contributed by atoms with Crippen LogP contribution in [0.15, 0.2) is 42.6 Å². The molecule has 120 valence electrons. The molecule has 0 fully saturated rings. The zero-order chi connectivity index (χ0) is 16.8. The third kappa shape index (κ3) is 2.00. The molecule has 0 bridgehead atoms. The van der Waals surface area contributed by atoms with Crippen LogP contribution in [0.4, 0.5) is 0 Å². The Morgan fingerprint density at radius 3 is 2.79 bits per heavy atom. The summed E-state index contributed by atoms with van der Waals surface area (Å²) in [6, 6.07) is 11.5. The van der Waals surface area contributed by atoms with E-state index in [1.54, 1.807) is 12.3 Å². The maximum atomic E-state index is 12.5. The van der Waals surface area contributed by atoms with Gasteiger partial charge in [-0.3, -0.25) is 4.40 Å². The first-order valence-electron chi connectivity index (χ1n) is 7.77. The van der Waals surface area contributed by atoms with Crippen molar-refractivity contribution in [3.05, 3.63) is 58.7 Å². The van der Waals surface area contributed by atoms with E-state index in [-0.39, 0.29) is 5.97 Å². The van der Waals surface area contributed by atoms with E-state index in [0.29, 0.717) is 17.2 Å². The summed E-state index contributed by atoms with van der Waals surface area (Å²) in [5.74, 6) is -0.307. The Bertz CT molecular complexity index is 1110. The summed E-state index contributed by atoms with van der Waals surface area (Å²) in [6.07, 6.45) is 1.69. The highest BCUT2D eigenvalue weighted by atomic mass is 35.5. The van der Waals surface area contributed by atoms with Crippen LogP contribution in [0.25, 0.3) is 27.5 Å². The van der Waals surface area contributed by atoms with E-state index in [2.05, 4.69) is 9.38 Å². The fraction of sp³-hybridized carbons (Fsp3) is 0.158. The summed E-state index contributed by atoms with van der Waals surface area (Å²) in [4.78, 5) is 17.0. The Kier molecular flexibility index (Phi) is 3.43. The SMILES string of the molecule is CCOC(=O)c1c(C)c2cc3c(Cl)ccnc3n2c2ccccc12. The topological polar surface area (TPSA) is 43.6 Å². The molecule has 0 N–H and O–H groups in total. The maximum Gasteiger partial charge on any atom is 0.339 e. The van der Waals surface area contributed by atoms with Crippen molar-refractivity contribution in [1.29, 1.82) is 0 Å². The van der Waals surface area contributed by atoms with Crippen LogP contribution < -0.4 is 0 Å². The largest absolute Gasteiger partial charge is 0.462 e. The molecule has 0 saturated heterocycles. The van der Waals surface area contributed by atoms with Gasteiger partial charge in [0, 0.05) is 17.0 Å². The van der Waals surface area contributed by atoms with Crippen molar-refractivity contribution >= 4 is 45.0 Å². The molecule has 0 saturated carbocycles. The average Bonchev–Trinajstić information content (AvgIpc) is 2.97. The maximum absolute atomic E-state index is 12.5. The van der Waals surface area contributed by atoms with Gasteiger partial charge < -0.3 is 4.74 Å². The summed E-state index contributed by atoms with van der Waals surface area (Å²) >= 11 is 6.34. The number of aryl methyl sites for hydroxylation is 1. The van der Waals surface area contributed by atoms with Crippen molar-refractivity contribution in [1.82, 2.24) is 9.38 Å². The van der Waals surface area contributed by atoms with Gasteiger partial charge in [-0.05, 0) is 37.6 Å². The Morgan fingerprint density at radius 2 is 2.00 bits per heavy atom. The number of fused-ring (bicyclic) bond motifs is 5. The summed E-state index contributed by atoms with van der Waals surface area (Å²) in [6.45, 7) is 4.08. The van der Waals surface area contributed by atoms with Crippen molar-refractivity contribution in [2.24, 2.45) is 0 Å². The van der Waals surface area contributed by atoms with E-state index in [9.17, 15) is 4.79 Å². The molecule has 0 aliphatic rings. The molecular weight excluding hydrogens is 324 g/mol. The Hall–Kier alpha value is -2.59. The number of rotatable bonds is 2. The molecule has 0 radical (unpaired) electrons. The van der Waals surface area contributed by atoms with Crippen LogP contribution in [0, 0.1) is 6.92 Å².